The van der Waals surface area contributed by atoms with Crippen LogP contribution in [-0.4, -0.2) is 49.4 Å². The molecule has 1 aliphatic carbocycles. The van der Waals surface area contributed by atoms with Crippen molar-refractivity contribution in [1.82, 2.24) is 4.90 Å². The van der Waals surface area contributed by atoms with Crippen LogP contribution in [0, 0.1) is 0 Å². The van der Waals surface area contributed by atoms with Gasteiger partial charge in [-0.05, 0) is 32.1 Å². The molecule has 21 heavy (non-hydrogen) atoms. The number of halogens is 1. The van der Waals surface area contributed by atoms with E-state index in [1.807, 2.05) is 0 Å². The number of amides is 1. The molecule has 2 N–H and O–H groups in total. The molecular weight excluding hydrogens is 312 g/mol. The topological polar surface area (TPSA) is 80.5 Å². The first-order valence-corrected chi connectivity index (χ1v) is 9.47. The fraction of sp³-hybridized carbons (Fsp3) is 0.929. The quantitative estimate of drug-likeness (QED) is 0.823. The molecule has 1 aliphatic heterocycles. The standard InChI is InChI=1S/C14H26N2O3S.ClH/c15-11-12-5-3-4-9-16(12)14(17)8-10-20(18,19)13-6-1-2-7-13;/h12-13H,1-11,15H2;1H. The first-order valence-electron chi connectivity index (χ1n) is 7.75. The SMILES string of the molecule is Cl.NCC1CCCCN1C(=O)CCS(=O)(=O)C1CCCC1. The van der Waals surface area contributed by atoms with Gasteiger partial charge in [-0.1, -0.05) is 12.8 Å². The number of hydrogen-bond donors (Lipinski definition) is 1. The van der Waals surface area contributed by atoms with E-state index < -0.39 is 9.84 Å². The molecule has 0 bridgehead atoms. The van der Waals surface area contributed by atoms with Crippen LogP contribution in [0.4, 0.5) is 0 Å². The van der Waals surface area contributed by atoms with Gasteiger partial charge in [-0.3, -0.25) is 4.79 Å². The number of likely N-dealkylation sites (tertiary alicyclic amines) is 1. The van der Waals surface area contributed by atoms with Crippen molar-refractivity contribution in [1.29, 1.82) is 0 Å². The Bertz CT molecular complexity index is 436. The van der Waals surface area contributed by atoms with Gasteiger partial charge in [-0.25, -0.2) is 8.42 Å². The van der Waals surface area contributed by atoms with Crippen molar-refractivity contribution in [2.45, 2.75) is 62.7 Å². The summed E-state index contributed by atoms with van der Waals surface area (Å²) in [5, 5.41) is -0.207. The second-order valence-corrected chi connectivity index (χ2v) is 8.40. The average Bonchev–Trinajstić information content (AvgIpc) is 3.00. The molecule has 124 valence electrons. The molecule has 0 aromatic rings. The lowest BCUT2D eigenvalue weighted by Gasteiger charge is -2.35. The Hall–Kier alpha value is -0.330. The van der Waals surface area contributed by atoms with Crippen LogP contribution in [0.1, 0.15) is 51.4 Å². The molecule has 0 aromatic heterocycles. The highest BCUT2D eigenvalue weighted by Gasteiger charge is 2.31. The van der Waals surface area contributed by atoms with E-state index in [2.05, 4.69) is 0 Å². The summed E-state index contributed by atoms with van der Waals surface area (Å²) in [5.41, 5.74) is 5.70. The molecule has 0 radical (unpaired) electrons. The minimum absolute atomic E-state index is 0. The third-order valence-electron chi connectivity index (χ3n) is 4.63. The van der Waals surface area contributed by atoms with Gasteiger partial charge in [0, 0.05) is 25.6 Å². The van der Waals surface area contributed by atoms with E-state index in [0.29, 0.717) is 6.54 Å². The monoisotopic (exact) mass is 338 g/mol. The Balaban J connectivity index is 0.00000220. The number of nitrogens with two attached hydrogens (primary N) is 1. The fourth-order valence-corrected chi connectivity index (χ4v) is 5.21. The van der Waals surface area contributed by atoms with E-state index in [0.717, 1.165) is 51.5 Å². The number of piperidine rings is 1. The normalized spacial score (nSPS) is 23.9. The molecule has 1 saturated heterocycles. The third kappa shape index (κ3) is 4.83. The van der Waals surface area contributed by atoms with Crippen LogP contribution in [0.5, 0.6) is 0 Å². The molecule has 0 aromatic carbocycles. The van der Waals surface area contributed by atoms with Crippen LogP contribution in [0.2, 0.25) is 0 Å². The van der Waals surface area contributed by atoms with E-state index >= 15 is 0 Å². The molecule has 1 atom stereocenters. The van der Waals surface area contributed by atoms with Gasteiger partial charge in [-0.2, -0.15) is 0 Å². The number of carbonyl (C=O) groups excluding carboxylic acids is 1. The minimum atomic E-state index is -3.10. The van der Waals surface area contributed by atoms with E-state index in [9.17, 15) is 13.2 Å². The summed E-state index contributed by atoms with van der Waals surface area (Å²) in [4.78, 5) is 14.0. The summed E-state index contributed by atoms with van der Waals surface area (Å²) >= 11 is 0. The summed E-state index contributed by atoms with van der Waals surface area (Å²) in [7, 11) is -3.10. The molecule has 1 saturated carbocycles. The average molecular weight is 339 g/mol. The highest BCUT2D eigenvalue weighted by atomic mass is 35.5. The zero-order valence-corrected chi connectivity index (χ0v) is 14.1. The van der Waals surface area contributed by atoms with Gasteiger partial charge in [0.25, 0.3) is 0 Å². The maximum Gasteiger partial charge on any atom is 0.223 e. The molecule has 5 nitrogen and oxygen atoms in total. The molecule has 1 unspecified atom stereocenters. The minimum Gasteiger partial charge on any atom is -0.338 e. The van der Waals surface area contributed by atoms with Crippen LogP contribution < -0.4 is 5.73 Å². The molecule has 7 heteroatoms. The van der Waals surface area contributed by atoms with E-state index in [1.54, 1.807) is 4.90 Å². The summed E-state index contributed by atoms with van der Waals surface area (Å²) in [6.45, 7) is 1.20. The third-order valence-corrected chi connectivity index (χ3v) is 6.89. The van der Waals surface area contributed by atoms with E-state index in [1.165, 1.54) is 0 Å². The smallest absolute Gasteiger partial charge is 0.223 e. The predicted molar refractivity (Wildman–Crippen MR) is 86.3 cm³/mol. The molecule has 2 aliphatic rings. The molecule has 0 spiro atoms. The second kappa shape index (κ2) is 8.34. The highest BCUT2D eigenvalue weighted by Crippen LogP contribution is 2.26. The van der Waals surface area contributed by atoms with Crippen molar-refractivity contribution in [2.75, 3.05) is 18.8 Å². The zero-order valence-electron chi connectivity index (χ0n) is 12.5. The molecule has 2 rings (SSSR count). The van der Waals surface area contributed by atoms with Crippen LogP contribution in [-0.2, 0) is 14.6 Å². The Kier molecular flexibility index (Phi) is 7.44. The Labute approximate surface area is 134 Å². The van der Waals surface area contributed by atoms with Crippen LogP contribution in [0.3, 0.4) is 0 Å². The fourth-order valence-electron chi connectivity index (χ4n) is 3.36. The van der Waals surface area contributed by atoms with Gasteiger partial charge in [-0.15, -0.1) is 12.4 Å². The van der Waals surface area contributed by atoms with Gasteiger partial charge in [0.1, 0.15) is 0 Å². The summed E-state index contributed by atoms with van der Waals surface area (Å²) in [6.07, 6.45) is 6.70. The number of carbonyl (C=O) groups is 1. The lowest BCUT2D eigenvalue weighted by Crippen LogP contribution is -2.47. The van der Waals surface area contributed by atoms with Gasteiger partial charge < -0.3 is 10.6 Å². The Morgan fingerprint density at radius 1 is 1.10 bits per heavy atom. The predicted octanol–water partition coefficient (Wildman–Crippen LogP) is 1.50. The van der Waals surface area contributed by atoms with Gasteiger partial charge >= 0.3 is 0 Å². The molecular formula is C14H27ClN2O3S. The van der Waals surface area contributed by atoms with E-state index in [4.69, 9.17) is 5.73 Å². The number of sulfone groups is 1. The van der Waals surface area contributed by atoms with Crippen molar-refractivity contribution < 1.29 is 13.2 Å². The van der Waals surface area contributed by atoms with Gasteiger partial charge in [0.2, 0.25) is 5.91 Å². The number of hydrogen-bond acceptors (Lipinski definition) is 4. The Morgan fingerprint density at radius 3 is 2.33 bits per heavy atom. The maximum absolute atomic E-state index is 12.2. The van der Waals surface area contributed by atoms with Crippen molar-refractivity contribution in [3.05, 3.63) is 0 Å². The lowest BCUT2D eigenvalue weighted by molar-refractivity contribution is -0.134. The number of rotatable bonds is 5. The van der Waals surface area contributed by atoms with Crippen LogP contribution >= 0.6 is 12.4 Å². The number of nitrogens with zero attached hydrogens (tertiary/aromatic N) is 1. The molecule has 1 heterocycles. The molecule has 2 fully saturated rings. The Morgan fingerprint density at radius 2 is 1.71 bits per heavy atom. The van der Waals surface area contributed by atoms with Gasteiger partial charge in [0.15, 0.2) is 9.84 Å². The van der Waals surface area contributed by atoms with Crippen molar-refractivity contribution in [3.63, 3.8) is 0 Å². The summed E-state index contributed by atoms with van der Waals surface area (Å²) in [5.74, 6) is -0.0358. The van der Waals surface area contributed by atoms with Crippen molar-refractivity contribution in [2.24, 2.45) is 5.73 Å². The first kappa shape index (κ1) is 18.7. The van der Waals surface area contributed by atoms with Crippen molar-refractivity contribution in [3.8, 4) is 0 Å². The zero-order chi connectivity index (χ0) is 14.6. The lowest BCUT2D eigenvalue weighted by atomic mass is 10.0. The van der Waals surface area contributed by atoms with E-state index in [-0.39, 0.29) is 41.8 Å². The highest BCUT2D eigenvalue weighted by molar-refractivity contribution is 7.92. The van der Waals surface area contributed by atoms with Crippen LogP contribution in [0.15, 0.2) is 0 Å². The van der Waals surface area contributed by atoms with Crippen LogP contribution in [0.25, 0.3) is 0 Å². The summed E-state index contributed by atoms with van der Waals surface area (Å²) < 4.78 is 24.4. The molecule has 1 amide bonds. The largest absolute Gasteiger partial charge is 0.338 e. The second-order valence-electron chi connectivity index (χ2n) is 6.00. The van der Waals surface area contributed by atoms with Gasteiger partial charge in [0.05, 0.1) is 11.0 Å². The summed E-state index contributed by atoms with van der Waals surface area (Å²) in [6, 6.07) is 0.102. The maximum atomic E-state index is 12.2. The van der Waals surface area contributed by atoms with Crippen molar-refractivity contribution >= 4 is 28.2 Å². The first-order chi connectivity index (χ1) is 9.54.